The van der Waals surface area contributed by atoms with Gasteiger partial charge in [-0.3, -0.25) is 9.69 Å². The first-order valence-electron chi connectivity index (χ1n) is 6.66. The van der Waals surface area contributed by atoms with Crippen LogP contribution in [0.4, 0.5) is 0 Å². The van der Waals surface area contributed by atoms with Crippen LogP contribution in [0.1, 0.15) is 15.9 Å². The number of nitrogens with two attached hydrogens (primary N) is 1. The predicted octanol–water partition coefficient (Wildman–Crippen LogP) is 0.207. The average molecular weight is 263 g/mol. The van der Waals surface area contributed by atoms with Gasteiger partial charge in [-0.15, -0.1) is 0 Å². The van der Waals surface area contributed by atoms with Gasteiger partial charge in [-0.2, -0.15) is 0 Å². The van der Waals surface area contributed by atoms with E-state index in [1.54, 1.807) is 6.07 Å². The maximum Gasteiger partial charge on any atom is 0.249 e. The minimum atomic E-state index is -0.370. The van der Waals surface area contributed by atoms with Crippen molar-refractivity contribution in [1.29, 1.82) is 0 Å². The number of primary amides is 1. The third-order valence-electron chi connectivity index (χ3n) is 3.31. The van der Waals surface area contributed by atoms with E-state index < -0.39 is 0 Å². The highest BCUT2D eigenvalue weighted by Crippen LogP contribution is 2.07. The van der Waals surface area contributed by atoms with Gasteiger partial charge >= 0.3 is 0 Å². The lowest BCUT2D eigenvalue weighted by molar-refractivity contribution is 0.0384. The average Bonchev–Trinajstić information content (AvgIpc) is 2.45. The van der Waals surface area contributed by atoms with Crippen LogP contribution in [-0.4, -0.2) is 50.2 Å². The summed E-state index contributed by atoms with van der Waals surface area (Å²) < 4.78 is 5.30. The summed E-state index contributed by atoms with van der Waals surface area (Å²) >= 11 is 0. The molecule has 3 N–H and O–H groups in total. The molecule has 1 aliphatic heterocycles. The molecule has 0 radical (unpaired) electrons. The Bertz CT molecular complexity index is 417. The Kier molecular flexibility index (Phi) is 5.32. The topological polar surface area (TPSA) is 67.6 Å². The smallest absolute Gasteiger partial charge is 0.249 e. The van der Waals surface area contributed by atoms with Gasteiger partial charge in [0.2, 0.25) is 5.91 Å². The molecule has 5 nitrogen and oxygen atoms in total. The third-order valence-corrected chi connectivity index (χ3v) is 3.31. The molecule has 0 unspecified atom stereocenters. The summed E-state index contributed by atoms with van der Waals surface area (Å²) in [6.07, 6.45) is 0. The standard InChI is InChI=1S/C14H21N3O2/c15-14(18)13-4-2-1-3-12(13)11-16-5-6-17-7-9-19-10-8-17/h1-4,16H,5-11H2,(H2,15,18). The van der Waals surface area contributed by atoms with Crippen molar-refractivity contribution in [1.82, 2.24) is 10.2 Å². The number of nitrogens with one attached hydrogen (secondary N) is 1. The van der Waals surface area contributed by atoms with Gasteiger partial charge < -0.3 is 15.8 Å². The zero-order valence-corrected chi connectivity index (χ0v) is 11.1. The summed E-state index contributed by atoms with van der Waals surface area (Å²) in [5.41, 5.74) is 6.90. The van der Waals surface area contributed by atoms with E-state index in [4.69, 9.17) is 10.5 Å². The summed E-state index contributed by atoms with van der Waals surface area (Å²) in [5.74, 6) is -0.370. The van der Waals surface area contributed by atoms with Crippen LogP contribution in [0.15, 0.2) is 24.3 Å². The van der Waals surface area contributed by atoms with Gasteiger partial charge in [0.05, 0.1) is 13.2 Å². The van der Waals surface area contributed by atoms with Gasteiger partial charge in [-0.1, -0.05) is 18.2 Å². The predicted molar refractivity (Wildman–Crippen MR) is 73.9 cm³/mol. The lowest BCUT2D eigenvalue weighted by Gasteiger charge is -2.26. The van der Waals surface area contributed by atoms with E-state index in [1.165, 1.54) is 0 Å². The van der Waals surface area contributed by atoms with Crippen molar-refractivity contribution >= 4 is 5.91 Å². The fourth-order valence-corrected chi connectivity index (χ4v) is 2.20. The second-order valence-electron chi connectivity index (χ2n) is 4.65. The summed E-state index contributed by atoms with van der Waals surface area (Å²) in [4.78, 5) is 13.6. The van der Waals surface area contributed by atoms with Gasteiger partial charge in [0.15, 0.2) is 0 Å². The van der Waals surface area contributed by atoms with Crippen LogP contribution in [0.25, 0.3) is 0 Å². The number of rotatable bonds is 6. The second kappa shape index (κ2) is 7.23. The zero-order chi connectivity index (χ0) is 13.5. The van der Waals surface area contributed by atoms with Gasteiger partial charge in [0.1, 0.15) is 0 Å². The van der Waals surface area contributed by atoms with Gasteiger partial charge in [-0.05, 0) is 11.6 Å². The van der Waals surface area contributed by atoms with E-state index >= 15 is 0 Å². The number of carbonyl (C=O) groups excluding carboxylic acids is 1. The van der Waals surface area contributed by atoms with Crippen LogP contribution in [0.5, 0.6) is 0 Å². The van der Waals surface area contributed by atoms with Crippen molar-refractivity contribution in [3.8, 4) is 0 Å². The summed E-state index contributed by atoms with van der Waals surface area (Å²) in [7, 11) is 0. The van der Waals surface area contributed by atoms with Crippen LogP contribution >= 0.6 is 0 Å². The van der Waals surface area contributed by atoms with Gasteiger partial charge in [0, 0.05) is 38.3 Å². The van der Waals surface area contributed by atoms with Crippen molar-refractivity contribution in [2.45, 2.75) is 6.54 Å². The summed E-state index contributed by atoms with van der Waals surface area (Å²) in [6.45, 7) is 6.22. The fraction of sp³-hybridized carbons (Fsp3) is 0.500. The van der Waals surface area contributed by atoms with Crippen molar-refractivity contribution in [3.63, 3.8) is 0 Å². The molecular weight excluding hydrogens is 242 g/mol. The highest BCUT2D eigenvalue weighted by atomic mass is 16.5. The maximum absolute atomic E-state index is 11.3. The minimum Gasteiger partial charge on any atom is -0.379 e. The van der Waals surface area contributed by atoms with Crippen LogP contribution in [0.2, 0.25) is 0 Å². The molecular formula is C14H21N3O2. The molecule has 1 amide bonds. The highest BCUT2D eigenvalue weighted by molar-refractivity contribution is 5.94. The maximum atomic E-state index is 11.3. The Hall–Kier alpha value is -1.43. The zero-order valence-electron chi connectivity index (χ0n) is 11.1. The number of hydrogen-bond donors (Lipinski definition) is 2. The lowest BCUT2D eigenvalue weighted by Crippen LogP contribution is -2.40. The van der Waals surface area contributed by atoms with E-state index in [9.17, 15) is 4.79 Å². The number of nitrogens with zero attached hydrogens (tertiary/aromatic N) is 1. The molecule has 1 heterocycles. The van der Waals surface area contributed by atoms with Gasteiger partial charge in [-0.25, -0.2) is 0 Å². The largest absolute Gasteiger partial charge is 0.379 e. The number of ether oxygens (including phenoxy) is 1. The molecule has 2 rings (SSSR count). The molecule has 5 heteroatoms. The monoisotopic (exact) mass is 263 g/mol. The molecule has 0 atom stereocenters. The number of amides is 1. The fourth-order valence-electron chi connectivity index (χ4n) is 2.20. The van der Waals surface area contributed by atoms with Crippen molar-refractivity contribution in [2.24, 2.45) is 5.73 Å². The molecule has 0 bridgehead atoms. The molecule has 1 aromatic carbocycles. The van der Waals surface area contributed by atoms with Gasteiger partial charge in [0.25, 0.3) is 0 Å². The Labute approximate surface area is 113 Å². The molecule has 0 aliphatic carbocycles. The SMILES string of the molecule is NC(=O)c1ccccc1CNCCN1CCOCC1. The quantitative estimate of drug-likeness (QED) is 0.720. The second-order valence-corrected chi connectivity index (χ2v) is 4.65. The molecule has 19 heavy (non-hydrogen) atoms. The number of carbonyl (C=O) groups is 1. The molecule has 1 aromatic rings. The number of benzene rings is 1. The molecule has 104 valence electrons. The Balaban J connectivity index is 1.74. The van der Waals surface area contributed by atoms with Crippen LogP contribution < -0.4 is 11.1 Å². The third kappa shape index (κ3) is 4.31. The minimum absolute atomic E-state index is 0.370. The summed E-state index contributed by atoms with van der Waals surface area (Å²) in [6, 6.07) is 7.45. The highest BCUT2D eigenvalue weighted by Gasteiger charge is 2.10. The number of hydrogen-bond acceptors (Lipinski definition) is 4. The molecule has 0 spiro atoms. The van der Waals surface area contributed by atoms with E-state index in [2.05, 4.69) is 10.2 Å². The van der Waals surface area contributed by atoms with Crippen molar-refractivity contribution in [2.75, 3.05) is 39.4 Å². The number of morpholine rings is 1. The first-order valence-corrected chi connectivity index (χ1v) is 6.66. The van der Waals surface area contributed by atoms with E-state index in [1.807, 2.05) is 18.2 Å². The Morgan fingerprint density at radius 1 is 1.32 bits per heavy atom. The first kappa shape index (κ1) is 14.0. The first-order chi connectivity index (χ1) is 9.27. The van der Waals surface area contributed by atoms with Crippen molar-refractivity contribution in [3.05, 3.63) is 35.4 Å². The van der Waals surface area contributed by atoms with Crippen molar-refractivity contribution < 1.29 is 9.53 Å². The van der Waals surface area contributed by atoms with E-state index in [0.29, 0.717) is 12.1 Å². The molecule has 0 saturated carbocycles. The summed E-state index contributed by atoms with van der Waals surface area (Å²) in [5, 5.41) is 3.35. The Morgan fingerprint density at radius 2 is 2.05 bits per heavy atom. The Morgan fingerprint density at radius 3 is 2.79 bits per heavy atom. The molecule has 1 fully saturated rings. The molecule has 1 aliphatic rings. The van der Waals surface area contributed by atoms with Crippen LogP contribution in [-0.2, 0) is 11.3 Å². The molecule has 1 saturated heterocycles. The lowest BCUT2D eigenvalue weighted by atomic mass is 10.1. The normalized spacial score (nSPS) is 16.4. The van der Waals surface area contributed by atoms with Crippen LogP contribution in [0, 0.1) is 0 Å². The van der Waals surface area contributed by atoms with E-state index in [0.717, 1.165) is 45.0 Å². The van der Waals surface area contributed by atoms with Crippen LogP contribution in [0.3, 0.4) is 0 Å². The van der Waals surface area contributed by atoms with E-state index in [-0.39, 0.29) is 5.91 Å². The molecule has 0 aromatic heterocycles.